The molecule has 0 aliphatic carbocycles. The summed E-state index contributed by atoms with van der Waals surface area (Å²) in [6, 6.07) is 15.5. The highest BCUT2D eigenvalue weighted by molar-refractivity contribution is 5.91. The van der Waals surface area contributed by atoms with E-state index in [2.05, 4.69) is 0 Å². The van der Waals surface area contributed by atoms with Crippen LogP contribution in [0.4, 0.5) is 33.3 Å². The lowest BCUT2D eigenvalue weighted by Gasteiger charge is -2.18. The number of rotatable bonds is 15. The fraction of sp³-hybridized carbons (Fsp3) is 0.312. The van der Waals surface area contributed by atoms with Crippen molar-refractivity contribution >= 4 is 29.4 Å². The van der Waals surface area contributed by atoms with Gasteiger partial charge in [-0.1, -0.05) is 30.7 Å². The number of ether oxygens (including phenoxy) is 3. The summed E-state index contributed by atoms with van der Waals surface area (Å²) in [4.78, 5) is 24.0. The van der Waals surface area contributed by atoms with Crippen molar-refractivity contribution in [1.82, 2.24) is 0 Å². The zero-order valence-electron chi connectivity index (χ0n) is 23.7. The van der Waals surface area contributed by atoms with Crippen LogP contribution >= 0.6 is 0 Å². The van der Waals surface area contributed by atoms with Crippen LogP contribution in [0.15, 0.2) is 72.8 Å². The van der Waals surface area contributed by atoms with Gasteiger partial charge in [-0.05, 0) is 78.9 Å². The lowest BCUT2D eigenvalue weighted by molar-refractivity contribution is -0.185. The molecule has 3 aromatic carbocycles. The molecule has 3 aromatic rings. The predicted molar refractivity (Wildman–Crippen MR) is 156 cm³/mol. The lowest BCUT2D eigenvalue weighted by atomic mass is 10.0. The third-order valence-electron chi connectivity index (χ3n) is 6.23. The number of carbonyl (C=O) groups is 2. The number of alkyl halides is 5. The van der Waals surface area contributed by atoms with Gasteiger partial charge in [0.05, 0.1) is 24.3 Å². The first-order chi connectivity index (χ1) is 20.8. The van der Waals surface area contributed by atoms with E-state index in [1.54, 1.807) is 0 Å². The number of benzene rings is 3. The summed E-state index contributed by atoms with van der Waals surface area (Å²) in [7, 11) is 0. The predicted octanol–water partition coefficient (Wildman–Crippen LogP) is 7.45. The molecule has 0 amide bonds. The van der Waals surface area contributed by atoms with E-state index in [0.717, 1.165) is 5.56 Å². The Hall–Kier alpha value is -4.61. The molecule has 0 fully saturated rings. The number of halogens is 5. The Bertz CT molecular complexity index is 1390. The van der Waals surface area contributed by atoms with Gasteiger partial charge in [0, 0.05) is 30.3 Å². The van der Waals surface area contributed by atoms with Gasteiger partial charge in [-0.25, -0.2) is 9.59 Å². The van der Waals surface area contributed by atoms with Crippen LogP contribution in [0.1, 0.15) is 59.2 Å². The summed E-state index contributed by atoms with van der Waals surface area (Å²) in [6.45, 7) is 0.00937. The van der Waals surface area contributed by atoms with E-state index in [4.69, 9.17) is 25.7 Å². The van der Waals surface area contributed by atoms with Crippen molar-refractivity contribution in [1.29, 1.82) is 0 Å². The summed E-state index contributed by atoms with van der Waals surface area (Å²) in [5, 5.41) is 0. The molecule has 0 saturated carbocycles. The number of nitrogens with two attached hydrogens (primary N) is 2. The molecule has 0 aromatic heterocycles. The van der Waals surface area contributed by atoms with Crippen LogP contribution in [0, 0.1) is 0 Å². The smallest absolute Gasteiger partial charge is 0.426 e. The van der Waals surface area contributed by atoms with Crippen LogP contribution in [-0.4, -0.2) is 31.3 Å². The number of hydrogen-bond donors (Lipinski definition) is 2. The molecule has 7 nitrogen and oxygen atoms in total. The number of carbonyl (C=O) groups excluding carboxylic acids is 2. The highest BCUT2D eigenvalue weighted by Crippen LogP contribution is 2.32. The minimum absolute atomic E-state index is 0.000318. The van der Waals surface area contributed by atoms with Crippen molar-refractivity contribution in [3.63, 3.8) is 0 Å². The van der Waals surface area contributed by atoms with Gasteiger partial charge in [-0.3, -0.25) is 0 Å². The van der Waals surface area contributed by atoms with Gasteiger partial charge in [0.1, 0.15) is 5.75 Å². The Labute approximate surface area is 251 Å². The Morgan fingerprint density at radius 3 is 2.02 bits per heavy atom. The molecular formula is C32H33F5N2O5. The third-order valence-corrected chi connectivity index (χ3v) is 6.23. The number of unbranched alkanes of at least 4 members (excludes halogenated alkanes) is 2. The first kappa shape index (κ1) is 33.9. The van der Waals surface area contributed by atoms with E-state index in [-0.39, 0.29) is 42.9 Å². The van der Waals surface area contributed by atoms with Gasteiger partial charge in [-0.2, -0.15) is 22.0 Å². The van der Waals surface area contributed by atoms with E-state index in [0.29, 0.717) is 36.2 Å². The quantitative estimate of drug-likeness (QED) is 0.0597. The molecule has 0 saturated heterocycles. The van der Waals surface area contributed by atoms with Crippen LogP contribution < -0.4 is 16.2 Å². The minimum atomic E-state index is -4.17. The normalized spacial score (nSPS) is 11.8. The summed E-state index contributed by atoms with van der Waals surface area (Å²) in [6.07, 6.45) is -4.29. The highest BCUT2D eigenvalue weighted by atomic mass is 19.4. The monoisotopic (exact) mass is 620 g/mol. The van der Waals surface area contributed by atoms with Crippen LogP contribution in [-0.2, 0) is 26.8 Å². The Kier molecular flexibility index (Phi) is 12.1. The topological polar surface area (TPSA) is 114 Å². The number of hydrogen-bond acceptors (Lipinski definition) is 7. The Morgan fingerprint density at radius 1 is 0.750 bits per heavy atom. The Morgan fingerprint density at radius 2 is 1.39 bits per heavy atom. The molecule has 3 rings (SSSR count). The molecule has 0 aliphatic rings. The molecule has 236 valence electrons. The largest absolute Gasteiger partial charge is 0.462 e. The maximum Gasteiger partial charge on any atom is 0.426 e. The molecule has 0 aliphatic heterocycles. The van der Waals surface area contributed by atoms with E-state index in [1.807, 2.05) is 0 Å². The average molecular weight is 621 g/mol. The van der Waals surface area contributed by atoms with E-state index in [9.17, 15) is 31.5 Å². The van der Waals surface area contributed by atoms with Crippen molar-refractivity contribution in [2.75, 3.05) is 24.7 Å². The molecule has 0 radical (unpaired) electrons. The zero-order valence-corrected chi connectivity index (χ0v) is 23.7. The van der Waals surface area contributed by atoms with Gasteiger partial charge in [0.25, 0.3) is 0 Å². The maximum atomic E-state index is 14.7. The number of aryl methyl sites for hydroxylation is 1. The SMILES string of the molecule is Nc1cc(N)cc(C(=O)OCCCOC(=O)/C=C/c2ccc(OC(F)(F)c3ccc(CCCCCC(F)(F)F)cc3)cc2)c1. The van der Waals surface area contributed by atoms with Crippen LogP contribution in [0.25, 0.3) is 6.08 Å². The van der Waals surface area contributed by atoms with Crippen molar-refractivity contribution < 1.29 is 45.8 Å². The van der Waals surface area contributed by atoms with Gasteiger partial charge in [0.15, 0.2) is 0 Å². The van der Waals surface area contributed by atoms with Crippen LogP contribution in [0.3, 0.4) is 0 Å². The first-order valence-electron chi connectivity index (χ1n) is 13.8. The highest BCUT2D eigenvalue weighted by Gasteiger charge is 2.34. The molecule has 0 unspecified atom stereocenters. The zero-order chi connectivity index (χ0) is 32.2. The Balaban J connectivity index is 1.38. The standard InChI is InChI=1S/C32H33F5N2O5/c33-31(34,35)16-3-1-2-5-22-6-11-25(12-7-22)32(36,37)44-28-13-8-23(9-14-28)10-15-29(40)42-17-4-18-43-30(41)24-19-26(38)21-27(39)20-24/h6-15,19-21H,1-5,16-18,38-39H2/b15-10+. The second-order valence-corrected chi connectivity index (χ2v) is 9.94. The second kappa shape index (κ2) is 15.7. The molecular weight excluding hydrogens is 587 g/mol. The van der Waals surface area contributed by atoms with Crippen molar-refractivity contribution in [3.05, 3.63) is 95.1 Å². The molecule has 0 atom stereocenters. The van der Waals surface area contributed by atoms with Gasteiger partial charge >= 0.3 is 24.2 Å². The molecule has 0 bridgehead atoms. The van der Waals surface area contributed by atoms with E-state index in [1.165, 1.54) is 78.9 Å². The molecule has 0 spiro atoms. The summed E-state index contributed by atoms with van der Waals surface area (Å²) >= 11 is 0. The molecule has 12 heteroatoms. The fourth-order valence-electron chi connectivity index (χ4n) is 4.04. The maximum absolute atomic E-state index is 14.7. The summed E-state index contributed by atoms with van der Waals surface area (Å²) < 4.78 is 81.0. The lowest BCUT2D eigenvalue weighted by Crippen LogP contribution is -2.21. The van der Waals surface area contributed by atoms with E-state index < -0.39 is 30.6 Å². The van der Waals surface area contributed by atoms with Gasteiger partial charge in [0.2, 0.25) is 0 Å². The number of anilines is 2. The number of nitrogen functional groups attached to an aromatic ring is 2. The fourth-order valence-corrected chi connectivity index (χ4v) is 4.04. The van der Waals surface area contributed by atoms with Crippen LogP contribution in [0.5, 0.6) is 5.75 Å². The second-order valence-electron chi connectivity index (χ2n) is 9.94. The molecule has 4 N–H and O–H groups in total. The van der Waals surface area contributed by atoms with Crippen molar-refractivity contribution in [3.8, 4) is 5.75 Å². The van der Waals surface area contributed by atoms with Gasteiger partial charge in [-0.15, -0.1) is 0 Å². The van der Waals surface area contributed by atoms with Gasteiger partial charge < -0.3 is 25.7 Å². The molecule has 0 heterocycles. The minimum Gasteiger partial charge on any atom is -0.462 e. The summed E-state index contributed by atoms with van der Waals surface area (Å²) in [5.41, 5.74) is 13.1. The van der Waals surface area contributed by atoms with Crippen molar-refractivity contribution in [2.24, 2.45) is 0 Å². The third kappa shape index (κ3) is 11.9. The first-order valence-corrected chi connectivity index (χ1v) is 13.8. The number of esters is 2. The summed E-state index contributed by atoms with van der Waals surface area (Å²) in [5.74, 6) is -1.34. The average Bonchev–Trinajstić information content (AvgIpc) is 2.95. The van der Waals surface area contributed by atoms with Crippen molar-refractivity contribution in [2.45, 2.75) is 50.8 Å². The molecule has 44 heavy (non-hydrogen) atoms. The van der Waals surface area contributed by atoms with E-state index >= 15 is 0 Å². The van der Waals surface area contributed by atoms with Crippen LogP contribution in [0.2, 0.25) is 0 Å².